The summed E-state index contributed by atoms with van der Waals surface area (Å²) in [7, 11) is 0. The number of Topliss-reactive ketones (excluding diaryl/α,β-unsaturated/α-hetero) is 1. The minimum Gasteiger partial charge on any atom is -0.300 e. The zero-order valence-electron chi connectivity index (χ0n) is 10.9. The Morgan fingerprint density at radius 1 is 1.24 bits per heavy atom. The van der Waals surface area contributed by atoms with Crippen molar-refractivity contribution < 1.29 is 9.59 Å². The molecule has 0 spiro atoms. The van der Waals surface area contributed by atoms with Crippen molar-refractivity contribution in [1.82, 2.24) is 0 Å². The van der Waals surface area contributed by atoms with Gasteiger partial charge in [0.15, 0.2) is 5.78 Å². The molecule has 0 aromatic heterocycles. The number of hydrogen-bond donors (Lipinski definition) is 0. The Labute approximate surface area is 104 Å². The summed E-state index contributed by atoms with van der Waals surface area (Å²) in [6.07, 6.45) is 14.0. The van der Waals surface area contributed by atoms with Gasteiger partial charge in [0.2, 0.25) is 0 Å². The third-order valence-electron chi connectivity index (χ3n) is 3.40. The normalized spacial score (nSPS) is 20.6. The maximum Gasteiger partial charge on any atom is 0.155 e. The van der Waals surface area contributed by atoms with Gasteiger partial charge >= 0.3 is 0 Å². The third kappa shape index (κ3) is 7.09. The molecule has 0 aliphatic heterocycles. The molecule has 0 aromatic carbocycles. The second-order valence-corrected chi connectivity index (χ2v) is 5.17. The number of allylic oxidation sites excluding steroid dienone is 2. The third-order valence-corrected chi connectivity index (χ3v) is 3.40. The molecule has 17 heavy (non-hydrogen) atoms. The topological polar surface area (TPSA) is 34.1 Å². The van der Waals surface area contributed by atoms with Crippen LogP contribution in [-0.4, -0.2) is 11.6 Å². The highest BCUT2D eigenvalue weighted by Crippen LogP contribution is 2.26. The van der Waals surface area contributed by atoms with Crippen LogP contribution in [0.5, 0.6) is 0 Å². The Kier molecular flexibility index (Phi) is 6.83. The summed E-state index contributed by atoms with van der Waals surface area (Å²) < 4.78 is 0. The second kappa shape index (κ2) is 8.21. The van der Waals surface area contributed by atoms with Crippen LogP contribution in [0.15, 0.2) is 12.2 Å². The van der Waals surface area contributed by atoms with Crippen LogP contribution in [0.2, 0.25) is 0 Å². The van der Waals surface area contributed by atoms with Gasteiger partial charge in [0.1, 0.15) is 5.78 Å². The fourth-order valence-corrected chi connectivity index (χ4v) is 2.49. The molecule has 2 rings (SSSR count). The van der Waals surface area contributed by atoms with Crippen molar-refractivity contribution in [2.45, 2.75) is 64.7 Å². The summed E-state index contributed by atoms with van der Waals surface area (Å²) in [5.74, 6) is 1.38. The smallest absolute Gasteiger partial charge is 0.155 e. The van der Waals surface area contributed by atoms with Crippen LogP contribution in [0.1, 0.15) is 64.7 Å². The molecule has 0 saturated heterocycles. The van der Waals surface area contributed by atoms with Gasteiger partial charge in [0, 0.05) is 12.8 Å². The Morgan fingerprint density at radius 3 is 2.35 bits per heavy atom. The predicted octanol–water partition coefficient (Wildman–Crippen LogP) is 3.84. The van der Waals surface area contributed by atoms with Crippen LogP contribution in [0.3, 0.4) is 0 Å². The Hall–Kier alpha value is -0.920. The summed E-state index contributed by atoms with van der Waals surface area (Å²) in [5.41, 5.74) is 0. The lowest BCUT2D eigenvalue weighted by Gasteiger charge is -2.19. The van der Waals surface area contributed by atoms with Crippen LogP contribution < -0.4 is 0 Å². The molecule has 1 saturated carbocycles. The van der Waals surface area contributed by atoms with E-state index in [-0.39, 0.29) is 5.78 Å². The summed E-state index contributed by atoms with van der Waals surface area (Å²) in [6, 6.07) is 0. The van der Waals surface area contributed by atoms with Crippen molar-refractivity contribution in [3.8, 4) is 0 Å². The van der Waals surface area contributed by atoms with E-state index < -0.39 is 0 Å². The fraction of sp³-hybridized carbons (Fsp3) is 0.733. The van der Waals surface area contributed by atoms with Crippen LogP contribution in [0.4, 0.5) is 0 Å². The number of carbonyl (C=O) groups excluding carboxylic acids is 2. The van der Waals surface area contributed by atoms with E-state index in [1.165, 1.54) is 32.1 Å². The molecular formula is C15H24O2. The summed E-state index contributed by atoms with van der Waals surface area (Å²) >= 11 is 0. The number of hydrogen-bond acceptors (Lipinski definition) is 2. The van der Waals surface area contributed by atoms with Gasteiger partial charge in [-0.15, -0.1) is 0 Å². The number of carbonyl (C=O) groups is 2. The Balaban J connectivity index is 0.000000181. The van der Waals surface area contributed by atoms with Gasteiger partial charge in [-0.3, -0.25) is 4.79 Å². The fourth-order valence-electron chi connectivity index (χ4n) is 2.49. The van der Waals surface area contributed by atoms with Gasteiger partial charge in [-0.1, -0.05) is 38.2 Å². The van der Waals surface area contributed by atoms with E-state index in [4.69, 9.17) is 0 Å². The lowest BCUT2D eigenvalue weighted by atomic mass is 9.86. The van der Waals surface area contributed by atoms with E-state index in [0.29, 0.717) is 5.78 Å². The van der Waals surface area contributed by atoms with E-state index in [0.717, 1.165) is 31.6 Å². The maximum atomic E-state index is 10.7. The minimum atomic E-state index is 0.284. The average Bonchev–Trinajstić information content (AvgIpc) is 2.31. The number of rotatable bonds is 2. The first kappa shape index (κ1) is 14.1. The molecule has 0 N–H and O–H groups in total. The minimum absolute atomic E-state index is 0.284. The van der Waals surface area contributed by atoms with Gasteiger partial charge in [-0.2, -0.15) is 0 Å². The summed E-state index contributed by atoms with van der Waals surface area (Å²) in [4.78, 5) is 21.1. The first-order valence-corrected chi connectivity index (χ1v) is 6.87. The van der Waals surface area contributed by atoms with Crippen molar-refractivity contribution in [3.63, 3.8) is 0 Å². The second-order valence-electron chi connectivity index (χ2n) is 5.17. The molecule has 0 radical (unpaired) electrons. The molecule has 96 valence electrons. The average molecular weight is 236 g/mol. The van der Waals surface area contributed by atoms with Crippen LogP contribution in [0.25, 0.3) is 0 Å². The van der Waals surface area contributed by atoms with Gasteiger partial charge < -0.3 is 4.79 Å². The van der Waals surface area contributed by atoms with Gasteiger partial charge in [0.05, 0.1) is 0 Å². The van der Waals surface area contributed by atoms with Gasteiger partial charge in [-0.25, -0.2) is 0 Å². The lowest BCUT2D eigenvalue weighted by Crippen LogP contribution is -2.09. The molecule has 0 bridgehead atoms. The highest BCUT2D eigenvalue weighted by atomic mass is 16.1. The van der Waals surface area contributed by atoms with Crippen molar-refractivity contribution in [1.29, 1.82) is 0 Å². The highest BCUT2D eigenvalue weighted by molar-refractivity contribution is 5.90. The van der Waals surface area contributed by atoms with Crippen molar-refractivity contribution in [2.75, 3.05) is 0 Å². The van der Waals surface area contributed by atoms with Gasteiger partial charge in [-0.05, 0) is 31.8 Å². The van der Waals surface area contributed by atoms with E-state index in [9.17, 15) is 9.59 Å². The SMILES string of the molecule is CC(=O)CC1CCCCC1.O=C1C=CCCC1. The first-order valence-electron chi connectivity index (χ1n) is 6.87. The molecular weight excluding hydrogens is 212 g/mol. The molecule has 1 fully saturated rings. The molecule has 0 heterocycles. The zero-order valence-corrected chi connectivity index (χ0v) is 10.9. The Morgan fingerprint density at radius 2 is 1.94 bits per heavy atom. The molecule has 0 unspecified atom stereocenters. The molecule has 0 aromatic rings. The van der Waals surface area contributed by atoms with Crippen LogP contribution >= 0.6 is 0 Å². The van der Waals surface area contributed by atoms with E-state index in [1.54, 1.807) is 13.0 Å². The maximum absolute atomic E-state index is 10.7. The lowest BCUT2D eigenvalue weighted by molar-refractivity contribution is -0.118. The monoisotopic (exact) mass is 236 g/mol. The zero-order chi connectivity index (χ0) is 12.5. The molecule has 2 nitrogen and oxygen atoms in total. The number of ketones is 2. The quantitative estimate of drug-likeness (QED) is 0.730. The molecule has 0 atom stereocenters. The van der Waals surface area contributed by atoms with E-state index in [1.807, 2.05) is 6.08 Å². The van der Waals surface area contributed by atoms with Crippen molar-refractivity contribution in [3.05, 3.63) is 12.2 Å². The first-order chi connectivity index (χ1) is 8.18. The van der Waals surface area contributed by atoms with Crippen LogP contribution in [-0.2, 0) is 9.59 Å². The molecule has 2 aliphatic carbocycles. The van der Waals surface area contributed by atoms with Gasteiger partial charge in [0.25, 0.3) is 0 Å². The highest BCUT2D eigenvalue weighted by Gasteiger charge is 2.14. The summed E-state index contributed by atoms with van der Waals surface area (Å²) in [6.45, 7) is 1.70. The predicted molar refractivity (Wildman–Crippen MR) is 69.9 cm³/mol. The van der Waals surface area contributed by atoms with E-state index >= 15 is 0 Å². The van der Waals surface area contributed by atoms with Crippen molar-refractivity contribution in [2.24, 2.45) is 5.92 Å². The standard InChI is InChI=1S/C9H16O.C6H8O/c1-8(10)7-9-5-3-2-4-6-9;7-6-4-2-1-3-5-6/h9H,2-7H2,1H3;2,4H,1,3,5H2. The summed E-state index contributed by atoms with van der Waals surface area (Å²) in [5, 5.41) is 0. The molecule has 0 amide bonds. The molecule has 2 heteroatoms. The Bertz CT molecular complexity index is 273. The van der Waals surface area contributed by atoms with Crippen LogP contribution in [0, 0.1) is 5.92 Å². The van der Waals surface area contributed by atoms with E-state index in [2.05, 4.69) is 0 Å². The molecule has 2 aliphatic rings. The largest absolute Gasteiger partial charge is 0.300 e. The van der Waals surface area contributed by atoms with Crippen molar-refractivity contribution >= 4 is 11.6 Å².